The average Bonchev–Trinajstić information content (AvgIpc) is 3.57. The Kier molecular flexibility index (Phi) is 6.13. The summed E-state index contributed by atoms with van der Waals surface area (Å²) in [7, 11) is 0. The molecule has 2 aromatic rings. The molecule has 152 valence electrons. The molecule has 2 aromatic carbocycles. The van der Waals surface area contributed by atoms with Crippen molar-refractivity contribution in [2.45, 2.75) is 51.1 Å². The van der Waals surface area contributed by atoms with Crippen molar-refractivity contribution in [2.75, 3.05) is 13.2 Å². The van der Waals surface area contributed by atoms with Crippen LogP contribution in [0.4, 0.5) is 0 Å². The molecule has 0 atom stereocenters. The standard InChI is InChI=1S/C24H28N2O3/c27-23(25-21-9-10-21)12-7-19-6-11-22-20(16-19)17-26(14-15-29-22)24(28)13-8-18-4-2-1-3-5-18/h1-6,11,16,21H,7-10,12-15,17H2,(H,25,27). The summed E-state index contributed by atoms with van der Waals surface area (Å²) in [4.78, 5) is 26.6. The van der Waals surface area contributed by atoms with Crippen LogP contribution in [-0.2, 0) is 29.0 Å². The first kappa shape index (κ1) is 19.5. The van der Waals surface area contributed by atoms with Gasteiger partial charge in [-0.2, -0.15) is 0 Å². The summed E-state index contributed by atoms with van der Waals surface area (Å²) in [6.07, 6.45) is 4.66. The van der Waals surface area contributed by atoms with Crippen molar-refractivity contribution in [3.63, 3.8) is 0 Å². The summed E-state index contributed by atoms with van der Waals surface area (Å²) in [6, 6.07) is 16.6. The van der Waals surface area contributed by atoms with E-state index in [4.69, 9.17) is 4.74 Å². The number of benzene rings is 2. The van der Waals surface area contributed by atoms with Gasteiger partial charge in [0.15, 0.2) is 0 Å². The predicted octanol–water partition coefficient (Wildman–Crippen LogP) is 3.25. The van der Waals surface area contributed by atoms with E-state index < -0.39 is 0 Å². The second-order valence-corrected chi connectivity index (χ2v) is 7.93. The Morgan fingerprint density at radius 1 is 1.00 bits per heavy atom. The maximum Gasteiger partial charge on any atom is 0.223 e. The fraction of sp³-hybridized carbons (Fsp3) is 0.417. The SMILES string of the molecule is O=C(CCc1ccc2c(c1)CN(C(=O)CCc1ccccc1)CCO2)NC1CC1. The molecule has 1 aliphatic carbocycles. The molecule has 0 unspecified atom stereocenters. The Labute approximate surface area is 172 Å². The van der Waals surface area contributed by atoms with Crippen molar-refractivity contribution in [1.82, 2.24) is 10.2 Å². The zero-order chi connectivity index (χ0) is 20.1. The van der Waals surface area contributed by atoms with Gasteiger partial charge in [0.1, 0.15) is 12.4 Å². The Hall–Kier alpha value is -2.82. The molecule has 1 heterocycles. The number of carbonyl (C=O) groups is 2. The topological polar surface area (TPSA) is 58.6 Å². The number of nitrogens with zero attached hydrogens (tertiary/aromatic N) is 1. The van der Waals surface area contributed by atoms with E-state index in [1.807, 2.05) is 35.2 Å². The number of amides is 2. The molecule has 0 spiro atoms. The first-order chi connectivity index (χ1) is 14.2. The third kappa shape index (κ3) is 5.59. The Morgan fingerprint density at radius 2 is 1.79 bits per heavy atom. The van der Waals surface area contributed by atoms with Crippen LogP contribution >= 0.6 is 0 Å². The molecule has 2 aliphatic rings. The number of nitrogens with one attached hydrogen (secondary N) is 1. The predicted molar refractivity (Wildman–Crippen MR) is 112 cm³/mol. The molecule has 0 saturated heterocycles. The monoisotopic (exact) mass is 392 g/mol. The van der Waals surface area contributed by atoms with Crippen LogP contribution in [0.3, 0.4) is 0 Å². The smallest absolute Gasteiger partial charge is 0.223 e. The minimum absolute atomic E-state index is 0.122. The molecule has 0 radical (unpaired) electrons. The fourth-order valence-corrected chi connectivity index (χ4v) is 3.66. The number of carbonyl (C=O) groups excluding carboxylic acids is 2. The quantitative estimate of drug-likeness (QED) is 0.787. The van der Waals surface area contributed by atoms with E-state index in [9.17, 15) is 9.59 Å². The highest BCUT2D eigenvalue weighted by Gasteiger charge is 2.23. The highest BCUT2D eigenvalue weighted by molar-refractivity contribution is 5.77. The molecule has 0 bridgehead atoms. The van der Waals surface area contributed by atoms with E-state index in [-0.39, 0.29) is 11.8 Å². The van der Waals surface area contributed by atoms with E-state index in [0.29, 0.717) is 45.0 Å². The van der Waals surface area contributed by atoms with E-state index in [1.165, 1.54) is 5.56 Å². The molecular formula is C24H28N2O3. The zero-order valence-corrected chi connectivity index (χ0v) is 16.7. The Bertz CT molecular complexity index is 862. The van der Waals surface area contributed by atoms with Gasteiger partial charge in [0.2, 0.25) is 11.8 Å². The average molecular weight is 392 g/mol. The lowest BCUT2D eigenvalue weighted by Gasteiger charge is -2.20. The molecule has 29 heavy (non-hydrogen) atoms. The van der Waals surface area contributed by atoms with Gasteiger partial charge in [-0.15, -0.1) is 0 Å². The molecule has 2 amide bonds. The van der Waals surface area contributed by atoms with E-state index in [1.54, 1.807) is 0 Å². The van der Waals surface area contributed by atoms with Crippen molar-refractivity contribution in [3.8, 4) is 5.75 Å². The third-order valence-electron chi connectivity index (χ3n) is 5.51. The zero-order valence-electron chi connectivity index (χ0n) is 16.7. The summed E-state index contributed by atoms with van der Waals surface area (Å²) in [5.74, 6) is 1.12. The van der Waals surface area contributed by atoms with E-state index >= 15 is 0 Å². The molecule has 5 heteroatoms. The number of aryl methyl sites for hydroxylation is 2. The fourth-order valence-electron chi connectivity index (χ4n) is 3.66. The first-order valence-electron chi connectivity index (χ1n) is 10.5. The van der Waals surface area contributed by atoms with Gasteiger partial charge in [0.25, 0.3) is 0 Å². The number of hydrogen-bond acceptors (Lipinski definition) is 3. The van der Waals surface area contributed by atoms with Gasteiger partial charge in [0.05, 0.1) is 6.54 Å². The molecule has 5 nitrogen and oxygen atoms in total. The van der Waals surface area contributed by atoms with Crippen molar-refractivity contribution in [1.29, 1.82) is 0 Å². The van der Waals surface area contributed by atoms with E-state index in [2.05, 4.69) is 23.5 Å². The van der Waals surface area contributed by atoms with Crippen LogP contribution in [-0.4, -0.2) is 35.9 Å². The normalized spacial score (nSPS) is 15.8. The van der Waals surface area contributed by atoms with Gasteiger partial charge < -0.3 is 15.0 Å². The van der Waals surface area contributed by atoms with Crippen LogP contribution in [0, 0.1) is 0 Å². The second kappa shape index (κ2) is 9.12. The van der Waals surface area contributed by atoms with Crippen molar-refractivity contribution >= 4 is 11.8 Å². The lowest BCUT2D eigenvalue weighted by atomic mass is 10.0. The van der Waals surface area contributed by atoms with Crippen LogP contribution in [0.1, 0.15) is 42.4 Å². The molecule has 1 N–H and O–H groups in total. The summed E-state index contributed by atoms with van der Waals surface area (Å²) >= 11 is 0. The van der Waals surface area contributed by atoms with Crippen LogP contribution in [0.15, 0.2) is 48.5 Å². The number of ether oxygens (including phenoxy) is 1. The summed E-state index contributed by atoms with van der Waals surface area (Å²) < 4.78 is 5.86. The largest absolute Gasteiger partial charge is 0.491 e. The minimum Gasteiger partial charge on any atom is -0.491 e. The lowest BCUT2D eigenvalue weighted by molar-refractivity contribution is -0.131. The minimum atomic E-state index is 0.122. The van der Waals surface area contributed by atoms with Gasteiger partial charge in [0, 0.05) is 31.0 Å². The highest BCUT2D eigenvalue weighted by Crippen LogP contribution is 2.26. The lowest BCUT2D eigenvalue weighted by Crippen LogP contribution is -2.32. The first-order valence-corrected chi connectivity index (χ1v) is 10.5. The van der Waals surface area contributed by atoms with E-state index in [0.717, 1.165) is 36.1 Å². The molecule has 1 saturated carbocycles. The summed E-state index contributed by atoms with van der Waals surface area (Å²) in [6.45, 7) is 1.67. The van der Waals surface area contributed by atoms with Crippen molar-refractivity contribution < 1.29 is 14.3 Å². The van der Waals surface area contributed by atoms with Crippen LogP contribution in [0.5, 0.6) is 5.75 Å². The molecule has 1 aliphatic heterocycles. The molecule has 4 rings (SSSR count). The van der Waals surface area contributed by atoms with Gasteiger partial charge in [-0.3, -0.25) is 9.59 Å². The second-order valence-electron chi connectivity index (χ2n) is 7.93. The molecule has 0 aromatic heterocycles. The Balaban J connectivity index is 1.35. The number of fused-ring (bicyclic) bond motifs is 1. The van der Waals surface area contributed by atoms with Crippen LogP contribution < -0.4 is 10.1 Å². The number of hydrogen-bond donors (Lipinski definition) is 1. The van der Waals surface area contributed by atoms with Gasteiger partial charge in [-0.1, -0.05) is 42.5 Å². The van der Waals surface area contributed by atoms with Gasteiger partial charge in [-0.25, -0.2) is 0 Å². The summed E-state index contributed by atoms with van der Waals surface area (Å²) in [5, 5.41) is 3.03. The molecular weight excluding hydrogens is 364 g/mol. The Morgan fingerprint density at radius 3 is 2.59 bits per heavy atom. The summed E-state index contributed by atoms with van der Waals surface area (Å²) in [5.41, 5.74) is 3.31. The maximum atomic E-state index is 12.8. The van der Waals surface area contributed by atoms with Crippen LogP contribution in [0.25, 0.3) is 0 Å². The van der Waals surface area contributed by atoms with Crippen molar-refractivity contribution in [2.24, 2.45) is 0 Å². The highest BCUT2D eigenvalue weighted by atomic mass is 16.5. The number of rotatable bonds is 7. The maximum absolute atomic E-state index is 12.8. The van der Waals surface area contributed by atoms with Gasteiger partial charge >= 0.3 is 0 Å². The van der Waals surface area contributed by atoms with Crippen molar-refractivity contribution in [3.05, 3.63) is 65.2 Å². The van der Waals surface area contributed by atoms with Gasteiger partial charge in [-0.05, 0) is 42.9 Å². The third-order valence-corrected chi connectivity index (χ3v) is 5.51. The molecule has 1 fully saturated rings. The van der Waals surface area contributed by atoms with Crippen LogP contribution in [0.2, 0.25) is 0 Å².